The zero-order valence-corrected chi connectivity index (χ0v) is 11.3. The van der Waals surface area contributed by atoms with E-state index in [1.54, 1.807) is 31.3 Å². The van der Waals surface area contributed by atoms with Crippen LogP contribution in [0.2, 0.25) is 0 Å². The highest BCUT2D eigenvalue weighted by atomic mass is 16.5. The van der Waals surface area contributed by atoms with Crippen molar-refractivity contribution in [2.24, 2.45) is 0 Å². The van der Waals surface area contributed by atoms with Gasteiger partial charge >= 0.3 is 5.97 Å². The molecule has 1 N–H and O–H groups in total. The number of rotatable bonds is 3. The minimum absolute atomic E-state index is 0.141. The Bertz CT molecular complexity index is 632. The summed E-state index contributed by atoms with van der Waals surface area (Å²) in [6, 6.07) is 14.3. The van der Waals surface area contributed by atoms with Gasteiger partial charge in [-0.25, -0.2) is 4.79 Å². The zero-order valence-electron chi connectivity index (χ0n) is 11.3. The quantitative estimate of drug-likeness (QED) is 0.871. The molecule has 20 heavy (non-hydrogen) atoms. The first kappa shape index (κ1) is 13.8. The van der Waals surface area contributed by atoms with Crippen LogP contribution in [0.3, 0.4) is 0 Å². The molecule has 0 unspecified atom stereocenters. The highest BCUT2D eigenvalue weighted by Crippen LogP contribution is 2.24. The third kappa shape index (κ3) is 2.69. The fourth-order valence-corrected chi connectivity index (χ4v) is 1.97. The van der Waals surface area contributed by atoms with Gasteiger partial charge in [0.05, 0.1) is 12.7 Å². The first-order chi connectivity index (χ1) is 9.67. The van der Waals surface area contributed by atoms with E-state index in [4.69, 9.17) is 4.74 Å². The molecule has 0 atom stereocenters. The van der Waals surface area contributed by atoms with E-state index in [2.05, 4.69) is 5.32 Å². The second kappa shape index (κ2) is 6.02. The topological polar surface area (TPSA) is 55.4 Å². The van der Waals surface area contributed by atoms with Crippen molar-refractivity contribution in [3.05, 3.63) is 59.7 Å². The predicted molar refractivity (Wildman–Crippen MR) is 76.6 cm³/mol. The smallest absolute Gasteiger partial charge is 0.338 e. The van der Waals surface area contributed by atoms with Gasteiger partial charge in [0.1, 0.15) is 0 Å². The van der Waals surface area contributed by atoms with Gasteiger partial charge in [0.15, 0.2) is 0 Å². The second-order valence-corrected chi connectivity index (χ2v) is 4.19. The van der Waals surface area contributed by atoms with Crippen molar-refractivity contribution in [2.75, 3.05) is 14.2 Å². The van der Waals surface area contributed by atoms with Gasteiger partial charge in [-0.2, -0.15) is 0 Å². The Morgan fingerprint density at radius 1 is 1.00 bits per heavy atom. The molecule has 0 bridgehead atoms. The number of nitrogens with one attached hydrogen (secondary N) is 1. The largest absolute Gasteiger partial charge is 0.465 e. The summed E-state index contributed by atoms with van der Waals surface area (Å²) in [6.45, 7) is 0. The minimum Gasteiger partial charge on any atom is -0.465 e. The molecule has 2 aromatic carbocycles. The number of amides is 1. The van der Waals surface area contributed by atoms with Gasteiger partial charge in [0, 0.05) is 12.6 Å². The summed E-state index contributed by atoms with van der Waals surface area (Å²) in [5, 5.41) is 2.57. The van der Waals surface area contributed by atoms with Crippen molar-refractivity contribution in [3.8, 4) is 11.1 Å². The standard InChI is InChI=1S/C16H15NO3/c1-17-15(18)12-9-7-11(8-10-12)13-5-3-4-6-14(13)16(19)20-2/h3-10H,1-2H3,(H,17,18). The van der Waals surface area contributed by atoms with E-state index in [0.717, 1.165) is 11.1 Å². The first-order valence-corrected chi connectivity index (χ1v) is 6.17. The fraction of sp³-hybridized carbons (Fsp3) is 0.125. The number of esters is 1. The van der Waals surface area contributed by atoms with E-state index in [-0.39, 0.29) is 11.9 Å². The normalized spacial score (nSPS) is 9.90. The average Bonchev–Trinajstić information content (AvgIpc) is 2.53. The molecule has 0 aliphatic rings. The van der Waals surface area contributed by atoms with Gasteiger partial charge in [-0.05, 0) is 29.3 Å². The maximum absolute atomic E-state index is 11.7. The van der Waals surface area contributed by atoms with Gasteiger partial charge < -0.3 is 10.1 Å². The van der Waals surface area contributed by atoms with Crippen molar-refractivity contribution >= 4 is 11.9 Å². The molecule has 0 spiro atoms. The summed E-state index contributed by atoms with van der Waals surface area (Å²) in [5.74, 6) is -0.520. The van der Waals surface area contributed by atoms with Crippen molar-refractivity contribution < 1.29 is 14.3 Å². The Balaban J connectivity index is 2.42. The molecule has 0 aliphatic heterocycles. The van der Waals surface area contributed by atoms with Gasteiger partial charge in [0.2, 0.25) is 0 Å². The van der Waals surface area contributed by atoms with Gasteiger partial charge in [-0.1, -0.05) is 30.3 Å². The molecule has 0 fully saturated rings. The van der Waals surface area contributed by atoms with Gasteiger partial charge in [-0.15, -0.1) is 0 Å². The number of ether oxygens (including phenoxy) is 1. The first-order valence-electron chi connectivity index (χ1n) is 6.17. The van der Waals surface area contributed by atoms with Crippen molar-refractivity contribution in [1.82, 2.24) is 5.32 Å². The van der Waals surface area contributed by atoms with Crippen LogP contribution in [0, 0.1) is 0 Å². The molecular weight excluding hydrogens is 254 g/mol. The van der Waals surface area contributed by atoms with Crippen molar-refractivity contribution in [2.45, 2.75) is 0 Å². The maximum atomic E-state index is 11.7. The number of carbonyl (C=O) groups excluding carboxylic acids is 2. The van der Waals surface area contributed by atoms with E-state index in [9.17, 15) is 9.59 Å². The van der Waals surface area contributed by atoms with E-state index in [0.29, 0.717) is 11.1 Å². The number of carbonyl (C=O) groups is 2. The zero-order chi connectivity index (χ0) is 14.5. The highest BCUT2D eigenvalue weighted by Gasteiger charge is 2.12. The summed E-state index contributed by atoms with van der Waals surface area (Å²) < 4.78 is 4.77. The lowest BCUT2D eigenvalue weighted by atomic mass is 9.98. The fourth-order valence-electron chi connectivity index (χ4n) is 1.97. The summed E-state index contributed by atoms with van der Waals surface area (Å²) in [4.78, 5) is 23.2. The molecule has 0 aliphatic carbocycles. The van der Waals surface area contributed by atoms with Crippen LogP contribution < -0.4 is 5.32 Å². The molecule has 4 heteroatoms. The molecule has 0 heterocycles. The minimum atomic E-state index is -0.379. The van der Waals surface area contributed by atoms with Crippen LogP contribution >= 0.6 is 0 Å². The molecule has 0 radical (unpaired) electrons. The molecule has 4 nitrogen and oxygen atoms in total. The van der Waals surface area contributed by atoms with E-state index < -0.39 is 0 Å². The number of hydrogen-bond acceptors (Lipinski definition) is 3. The van der Waals surface area contributed by atoms with Crippen LogP contribution in [-0.4, -0.2) is 26.0 Å². The summed E-state index contributed by atoms with van der Waals surface area (Å²) >= 11 is 0. The van der Waals surface area contributed by atoms with Crippen LogP contribution in [0.15, 0.2) is 48.5 Å². The lowest BCUT2D eigenvalue weighted by Gasteiger charge is -2.08. The third-order valence-electron chi connectivity index (χ3n) is 3.02. The number of hydrogen-bond donors (Lipinski definition) is 1. The Morgan fingerprint density at radius 2 is 1.65 bits per heavy atom. The highest BCUT2D eigenvalue weighted by molar-refractivity contribution is 5.98. The van der Waals surface area contributed by atoms with E-state index in [1.807, 2.05) is 24.3 Å². The van der Waals surface area contributed by atoms with Crippen LogP contribution in [0.25, 0.3) is 11.1 Å². The Kier molecular flexibility index (Phi) is 4.15. The molecule has 0 saturated carbocycles. The summed E-state index contributed by atoms with van der Waals surface area (Å²) in [6.07, 6.45) is 0. The summed E-state index contributed by atoms with van der Waals surface area (Å²) in [5.41, 5.74) is 2.72. The molecule has 1 amide bonds. The Hall–Kier alpha value is -2.62. The average molecular weight is 269 g/mol. The van der Waals surface area contributed by atoms with Crippen molar-refractivity contribution in [1.29, 1.82) is 0 Å². The molecule has 2 rings (SSSR count). The Labute approximate surface area is 117 Å². The van der Waals surface area contributed by atoms with Gasteiger partial charge in [-0.3, -0.25) is 4.79 Å². The molecule has 0 saturated heterocycles. The van der Waals surface area contributed by atoms with Crippen LogP contribution in [0.1, 0.15) is 20.7 Å². The SMILES string of the molecule is CNC(=O)c1ccc(-c2ccccc2C(=O)OC)cc1. The second-order valence-electron chi connectivity index (χ2n) is 4.19. The lowest BCUT2D eigenvalue weighted by molar-refractivity contribution is 0.0601. The van der Waals surface area contributed by atoms with Crippen LogP contribution in [0.4, 0.5) is 0 Å². The lowest BCUT2D eigenvalue weighted by Crippen LogP contribution is -2.17. The number of methoxy groups -OCH3 is 1. The van der Waals surface area contributed by atoms with E-state index >= 15 is 0 Å². The van der Waals surface area contributed by atoms with Gasteiger partial charge in [0.25, 0.3) is 5.91 Å². The van der Waals surface area contributed by atoms with Crippen LogP contribution in [-0.2, 0) is 4.74 Å². The Morgan fingerprint density at radius 3 is 2.25 bits per heavy atom. The number of benzene rings is 2. The molecule has 2 aromatic rings. The monoisotopic (exact) mass is 269 g/mol. The summed E-state index contributed by atoms with van der Waals surface area (Å²) in [7, 11) is 2.94. The molecule has 0 aromatic heterocycles. The molecule has 102 valence electrons. The predicted octanol–water partition coefficient (Wildman–Crippen LogP) is 2.50. The third-order valence-corrected chi connectivity index (χ3v) is 3.02. The van der Waals surface area contributed by atoms with E-state index in [1.165, 1.54) is 7.11 Å². The maximum Gasteiger partial charge on any atom is 0.338 e. The molecular formula is C16H15NO3. The van der Waals surface area contributed by atoms with Crippen LogP contribution in [0.5, 0.6) is 0 Å². The van der Waals surface area contributed by atoms with Crippen molar-refractivity contribution in [3.63, 3.8) is 0 Å².